The van der Waals surface area contributed by atoms with Crippen LogP contribution in [0.4, 0.5) is 0 Å². The Labute approximate surface area is 231 Å². The van der Waals surface area contributed by atoms with E-state index >= 15 is 0 Å². The summed E-state index contributed by atoms with van der Waals surface area (Å²) in [6, 6.07) is 22.0. The third-order valence-corrected chi connectivity index (χ3v) is 7.23. The van der Waals surface area contributed by atoms with Crippen LogP contribution in [-0.4, -0.2) is 59.9 Å². The first kappa shape index (κ1) is 25.8. The maximum Gasteiger partial charge on any atom is 0.274 e. The molecule has 202 valence electrons. The topological polar surface area (TPSA) is 115 Å². The maximum atomic E-state index is 12.6. The maximum absolute atomic E-state index is 12.6. The van der Waals surface area contributed by atoms with Crippen molar-refractivity contribution in [3.8, 4) is 11.3 Å². The summed E-state index contributed by atoms with van der Waals surface area (Å²) >= 11 is 0. The summed E-state index contributed by atoms with van der Waals surface area (Å²) in [4.78, 5) is 9.14. The summed E-state index contributed by atoms with van der Waals surface area (Å²) in [6.45, 7) is 4.17. The summed E-state index contributed by atoms with van der Waals surface area (Å²) in [5.74, 6) is 0.411. The highest BCUT2D eigenvalue weighted by Gasteiger charge is 2.37. The van der Waals surface area contributed by atoms with Gasteiger partial charge in [-0.05, 0) is 52.2 Å². The van der Waals surface area contributed by atoms with Gasteiger partial charge in [0.15, 0.2) is 5.60 Å². The van der Waals surface area contributed by atoms with Gasteiger partial charge in [0.25, 0.3) is 5.78 Å². The van der Waals surface area contributed by atoms with Crippen molar-refractivity contribution in [1.82, 2.24) is 39.9 Å². The van der Waals surface area contributed by atoms with Gasteiger partial charge in [0, 0.05) is 38.2 Å². The highest BCUT2D eigenvalue weighted by molar-refractivity contribution is 5.94. The average Bonchev–Trinajstić information content (AvgIpc) is 3.64. The molecule has 10 heteroatoms. The lowest BCUT2D eigenvalue weighted by atomic mass is 9.82. The van der Waals surface area contributed by atoms with E-state index in [4.69, 9.17) is 9.72 Å². The highest BCUT2D eigenvalue weighted by Crippen LogP contribution is 2.39. The summed E-state index contributed by atoms with van der Waals surface area (Å²) in [5, 5.41) is 28.9. The number of tetrazole rings is 1. The smallest absolute Gasteiger partial charge is 0.274 e. The Morgan fingerprint density at radius 1 is 1.02 bits per heavy atom. The molecule has 0 amide bonds. The van der Waals surface area contributed by atoms with Gasteiger partial charge in [-0.1, -0.05) is 59.2 Å². The predicted molar refractivity (Wildman–Crippen MR) is 152 cm³/mol. The molecule has 6 rings (SSSR count). The van der Waals surface area contributed by atoms with Crippen molar-refractivity contribution in [1.29, 1.82) is 0 Å². The van der Waals surface area contributed by atoms with Crippen LogP contribution < -0.4 is 5.32 Å². The van der Waals surface area contributed by atoms with Gasteiger partial charge < -0.3 is 19.7 Å². The van der Waals surface area contributed by atoms with E-state index in [0.717, 1.165) is 45.4 Å². The van der Waals surface area contributed by atoms with Crippen LogP contribution in [0.1, 0.15) is 27.9 Å². The zero-order valence-electron chi connectivity index (χ0n) is 22.6. The van der Waals surface area contributed by atoms with Crippen LogP contribution >= 0.6 is 0 Å². The first-order valence-electron chi connectivity index (χ1n) is 13.1. The standard InChI is InChI=1S/C30H30N8O2/c1-20-5-4-6-22(15-20)28-25-16-24(11-12-26(25)38-29(33-28)34-35-36-38)30(39,27-18-32-19-37(27)2)23-9-7-21(8-10-23)17-31-13-14-40-3/h4-12,15-16,18-19,31,39H,13-14,17H2,1-3H3. The van der Waals surface area contributed by atoms with Gasteiger partial charge in [0.05, 0.1) is 36.0 Å². The molecule has 0 radical (unpaired) electrons. The second-order valence-electron chi connectivity index (χ2n) is 9.92. The lowest BCUT2D eigenvalue weighted by molar-refractivity contribution is 0.117. The van der Waals surface area contributed by atoms with Gasteiger partial charge >= 0.3 is 0 Å². The molecule has 10 nitrogen and oxygen atoms in total. The third-order valence-electron chi connectivity index (χ3n) is 7.23. The minimum Gasteiger partial charge on any atom is -0.383 e. The van der Waals surface area contributed by atoms with Crippen LogP contribution in [0.15, 0.2) is 79.3 Å². The predicted octanol–water partition coefficient (Wildman–Crippen LogP) is 3.40. The molecule has 3 heterocycles. The van der Waals surface area contributed by atoms with Crippen molar-refractivity contribution in [3.05, 3.63) is 107 Å². The number of aryl methyl sites for hydroxylation is 2. The number of benzene rings is 3. The normalized spacial score (nSPS) is 13.2. The number of ether oxygens (including phenoxy) is 1. The second kappa shape index (κ2) is 10.6. The van der Waals surface area contributed by atoms with Crippen LogP contribution in [-0.2, 0) is 23.9 Å². The first-order chi connectivity index (χ1) is 19.5. The van der Waals surface area contributed by atoms with Crippen molar-refractivity contribution >= 4 is 16.7 Å². The molecule has 0 spiro atoms. The fraction of sp³-hybridized carbons (Fsp3) is 0.233. The van der Waals surface area contributed by atoms with Crippen molar-refractivity contribution in [2.45, 2.75) is 19.1 Å². The van der Waals surface area contributed by atoms with Gasteiger partial charge in [0.1, 0.15) is 0 Å². The van der Waals surface area contributed by atoms with Gasteiger partial charge in [-0.15, -0.1) is 0 Å². The van der Waals surface area contributed by atoms with Crippen molar-refractivity contribution < 1.29 is 9.84 Å². The molecule has 2 N–H and O–H groups in total. The molecule has 0 saturated carbocycles. The number of fused-ring (bicyclic) bond motifs is 3. The number of hydrogen-bond acceptors (Lipinski definition) is 8. The molecule has 1 atom stereocenters. The minimum absolute atomic E-state index is 0.411. The number of methoxy groups -OCH3 is 1. The summed E-state index contributed by atoms with van der Waals surface area (Å²) < 4.78 is 8.58. The SMILES string of the molecule is COCCNCc1ccc(C(O)(c2ccc3c(c2)c(-c2cccc(C)c2)nc2nnnn23)c2cncn2C)cc1. The van der Waals surface area contributed by atoms with Crippen LogP contribution in [0, 0.1) is 6.92 Å². The van der Waals surface area contributed by atoms with E-state index < -0.39 is 5.60 Å². The molecule has 6 aromatic rings. The van der Waals surface area contributed by atoms with Gasteiger partial charge in [-0.2, -0.15) is 4.52 Å². The number of rotatable bonds is 9. The molecular weight excluding hydrogens is 504 g/mol. The molecule has 3 aromatic carbocycles. The minimum atomic E-state index is -1.49. The zero-order chi connectivity index (χ0) is 27.7. The number of imidazole rings is 1. The fourth-order valence-corrected chi connectivity index (χ4v) is 5.16. The van der Waals surface area contributed by atoms with Crippen molar-refractivity contribution in [3.63, 3.8) is 0 Å². The van der Waals surface area contributed by atoms with Crippen molar-refractivity contribution in [2.24, 2.45) is 7.05 Å². The fourth-order valence-electron chi connectivity index (χ4n) is 5.16. The monoisotopic (exact) mass is 534 g/mol. The number of aliphatic hydroxyl groups is 1. The summed E-state index contributed by atoms with van der Waals surface area (Å²) in [7, 11) is 3.57. The van der Waals surface area contributed by atoms with Crippen LogP contribution in [0.3, 0.4) is 0 Å². The molecule has 40 heavy (non-hydrogen) atoms. The number of aromatic nitrogens is 7. The Kier molecular flexibility index (Phi) is 6.81. The Morgan fingerprint density at radius 3 is 2.60 bits per heavy atom. The Morgan fingerprint density at radius 2 is 1.85 bits per heavy atom. The molecule has 0 aliphatic carbocycles. The largest absolute Gasteiger partial charge is 0.383 e. The Hall–Kier alpha value is -4.51. The number of hydrogen-bond donors (Lipinski definition) is 2. The number of nitrogens with zero attached hydrogens (tertiary/aromatic N) is 7. The summed E-state index contributed by atoms with van der Waals surface area (Å²) in [6.07, 6.45) is 3.40. The van der Waals surface area contributed by atoms with E-state index in [2.05, 4.69) is 31.9 Å². The average molecular weight is 535 g/mol. The molecule has 0 aliphatic rings. The molecule has 0 aliphatic heterocycles. The van der Waals surface area contributed by atoms with Gasteiger partial charge in [-0.3, -0.25) is 0 Å². The van der Waals surface area contributed by atoms with E-state index in [0.29, 0.717) is 30.2 Å². The molecule has 3 aromatic heterocycles. The molecule has 0 bridgehead atoms. The van der Waals surface area contributed by atoms with Gasteiger partial charge in [0.2, 0.25) is 0 Å². The first-order valence-corrected chi connectivity index (χ1v) is 13.1. The van der Waals surface area contributed by atoms with E-state index in [1.54, 1.807) is 24.1 Å². The van der Waals surface area contributed by atoms with Gasteiger partial charge in [-0.25, -0.2) is 9.97 Å². The van der Waals surface area contributed by atoms with Crippen LogP contribution in [0.25, 0.3) is 27.9 Å². The van der Waals surface area contributed by atoms with E-state index in [1.165, 1.54) is 0 Å². The molecule has 0 fully saturated rings. The summed E-state index contributed by atoms with van der Waals surface area (Å²) in [5.41, 5.74) is 5.27. The Balaban J connectivity index is 1.52. The van der Waals surface area contributed by atoms with E-state index in [-0.39, 0.29) is 0 Å². The third kappa shape index (κ3) is 4.51. The quantitative estimate of drug-likeness (QED) is 0.271. The van der Waals surface area contributed by atoms with Crippen molar-refractivity contribution in [2.75, 3.05) is 20.3 Å². The van der Waals surface area contributed by atoms with E-state index in [9.17, 15) is 5.11 Å². The highest BCUT2D eigenvalue weighted by atomic mass is 16.5. The molecule has 0 saturated heterocycles. The van der Waals surface area contributed by atoms with Crippen LogP contribution in [0.2, 0.25) is 0 Å². The lowest BCUT2D eigenvalue weighted by Crippen LogP contribution is -2.31. The molecular formula is C30H30N8O2. The Bertz CT molecular complexity index is 1790. The van der Waals surface area contributed by atoms with E-state index in [1.807, 2.05) is 79.2 Å². The lowest BCUT2D eigenvalue weighted by Gasteiger charge is -2.30. The number of nitrogens with one attached hydrogen (secondary N) is 1. The molecule has 1 unspecified atom stereocenters. The second-order valence-corrected chi connectivity index (χ2v) is 9.92. The zero-order valence-corrected chi connectivity index (χ0v) is 22.6. The van der Waals surface area contributed by atoms with Crippen LogP contribution in [0.5, 0.6) is 0 Å².